The highest BCUT2D eigenvalue weighted by Gasteiger charge is 2.21. The first-order valence-electron chi connectivity index (χ1n) is 7.23. The predicted octanol–water partition coefficient (Wildman–Crippen LogP) is 2.56. The molecule has 5 nitrogen and oxygen atoms in total. The lowest BCUT2D eigenvalue weighted by Gasteiger charge is -2.21. The lowest BCUT2D eigenvalue weighted by atomic mass is 9.89. The third-order valence-corrected chi connectivity index (χ3v) is 4.15. The second-order valence-corrected chi connectivity index (χ2v) is 6.03. The Morgan fingerprint density at radius 1 is 1.09 bits per heavy atom. The molecule has 0 aromatic heterocycles. The summed E-state index contributed by atoms with van der Waals surface area (Å²) in [6.45, 7) is 0. The van der Waals surface area contributed by atoms with Gasteiger partial charge in [-0.3, -0.25) is 25.8 Å². The molecule has 1 fully saturated rings. The summed E-state index contributed by atoms with van der Waals surface area (Å²) in [6.07, 6.45) is 5.12. The van der Waals surface area contributed by atoms with E-state index in [0.29, 0.717) is 10.6 Å². The van der Waals surface area contributed by atoms with Crippen LogP contribution in [0.4, 0.5) is 0 Å². The maximum Gasteiger partial charge on any atom is 0.258 e. The van der Waals surface area contributed by atoms with Crippen molar-refractivity contribution < 1.29 is 9.59 Å². The van der Waals surface area contributed by atoms with E-state index in [1.54, 1.807) is 24.3 Å². The van der Waals surface area contributed by atoms with Gasteiger partial charge < -0.3 is 0 Å². The number of carbonyl (C=O) groups is 2. The predicted molar refractivity (Wildman–Crippen MR) is 89.4 cm³/mol. The number of nitrogens with one attached hydrogen (secondary N) is 3. The molecule has 2 amide bonds. The Bertz CT molecular complexity index is 574. The smallest absolute Gasteiger partial charge is 0.258 e. The van der Waals surface area contributed by atoms with E-state index in [2.05, 4.69) is 16.2 Å². The summed E-state index contributed by atoms with van der Waals surface area (Å²) in [7, 11) is 0. The molecule has 0 saturated heterocycles. The zero-order chi connectivity index (χ0) is 15.9. The molecule has 1 aromatic carbocycles. The summed E-state index contributed by atoms with van der Waals surface area (Å²) in [4.78, 5) is 23.9. The Labute approximate surface area is 139 Å². The van der Waals surface area contributed by atoms with Crippen LogP contribution in [0.25, 0.3) is 0 Å². The van der Waals surface area contributed by atoms with Crippen LogP contribution in [-0.4, -0.2) is 16.9 Å². The minimum Gasteiger partial charge on any atom is -0.298 e. The third kappa shape index (κ3) is 4.68. The van der Waals surface area contributed by atoms with Gasteiger partial charge in [0, 0.05) is 5.92 Å². The summed E-state index contributed by atoms with van der Waals surface area (Å²) >= 11 is 10.9. The summed E-state index contributed by atoms with van der Waals surface area (Å²) in [6, 6.07) is 6.67. The first kappa shape index (κ1) is 16.7. The average Bonchev–Trinajstić information content (AvgIpc) is 2.53. The maximum absolute atomic E-state index is 12.0. The van der Waals surface area contributed by atoms with Crippen molar-refractivity contribution in [2.24, 2.45) is 5.92 Å². The van der Waals surface area contributed by atoms with E-state index in [4.69, 9.17) is 23.8 Å². The molecule has 1 aromatic rings. The number of carbonyl (C=O) groups excluding carboxylic acids is 2. The van der Waals surface area contributed by atoms with Gasteiger partial charge in [-0.1, -0.05) is 43.0 Å². The molecule has 2 rings (SSSR count). The van der Waals surface area contributed by atoms with Crippen molar-refractivity contribution in [3.8, 4) is 0 Å². The molecule has 7 heteroatoms. The van der Waals surface area contributed by atoms with Crippen LogP contribution in [-0.2, 0) is 4.79 Å². The summed E-state index contributed by atoms with van der Waals surface area (Å²) < 4.78 is 0. The number of halogens is 1. The molecular formula is C15H18ClN3O2S. The molecule has 0 unspecified atom stereocenters. The number of hydrogen-bond donors (Lipinski definition) is 3. The number of amides is 2. The lowest BCUT2D eigenvalue weighted by molar-refractivity contribution is -0.126. The summed E-state index contributed by atoms with van der Waals surface area (Å²) in [5, 5.41) is 2.86. The first-order valence-corrected chi connectivity index (χ1v) is 8.02. The summed E-state index contributed by atoms with van der Waals surface area (Å²) in [5.41, 5.74) is 5.43. The molecular weight excluding hydrogens is 322 g/mol. The van der Waals surface area contributed by atoms with E-state index >= 15 is 0 Å². The second-order valence-electron chi connectivity index (χ2n) is 5.21. The number of hydrogen-bond acceptors (Lipinski definition) is 3. The van der Waals surface area contributed by atoms with Crippen LogP contribution < -0.4 is 16.2 Å². The van der Waals surface area contributed by atoms with Crippen molar-refractivity contribution >= 4 is 40.7 Å². The molecule has 0 spiro atoms. The minimum atomic E-state index is -0.421. The molecule has 0 heterocycles. The lowest BCUT2D eigenvalue weighted by Crippen LogP contribution is -2.50. The van der Waals surface area contributed by atoms with E-state index in [9.17, 15) is 9.59 Å². The molecule has 0 aliphatic heterocycles. The fraction of sp³-hybridized carbons (Fsp3) is 0.400. The van der Waals surface area contributed by atoms with E-state index in [1.165, 1.54) is 6.42 Å². The van der Waals surface area contributed by atoms with Gasteiger partial charge in [-0.2, -0.15) is 0 Å². The molecule has 1 aliphatic carbocycles. The quantitative estimate of drug-likeness (QED) is 0.572. The highest BCUT2D eigenvalue weighted by atomic mass is 35.5. The van der Waals surface area contributed by atoms with E-state index < -0.39 is 5.91 Å². The minimum absolute atomic E-state index is 0.0170. The molecule has 22 heavy (non-hydrogen) atoms. The second kappa shape index (κ2) is 8.10. The molecule has 1 aliphatic rings. The van der Waals surface area contributed by atoms with Crippen LogP contribution in [0.15, 0.2) is 24.3 Å². The van der Waals surface area contributed by atoms with Gasteiger partial charge in [-0.05, 0) is 37.2 Å². The molecule has 118 valence electrons. The number of rotatable bonds is 2. The molecule has 0 radical (unpaired) electrons. The van der Waals surface area contributed by atoms with Crippen molar-refractivity contribution in [3.63, 3.8) is 0 Å². The van der Waals surface area contributed by atoms with Gasteiger partial charge in [0.05, 0.1) is 10.6 Å². The standard InChI is InChI=1S/C15H18ClN3O2S/c16-12-9-5-4-8-11(12)14(21)17-15(22)19-18-13(20)10-6-2-1-3-7-10/h4-5,8-10H,1-3,6-7H2,(H,18,20)(H2,17,19,21,22). The zero-order valence-corrected chi connectivity index (χ0v) is 13.6. The van der Waals surface area contributed by atoms with Gasteiger partial charge in [-0.15, -0.1) is 0 Å². The van der Waals surface area contributed by atoms with Crippen molar-refractivity contribution in [1.29, 1.82) is 0 Å². The van der Waals surface area contributed by atoms with Gasteiger partial charge in [0.1, 0.15) is 0 Å². The monoisotopic (exact) mass is 339 g/mol. The van der Waals surface area contributed by atoms with Crippen molar-refractivity contribution in [2.75, 3.05) is 0 Å². The summed E-state index contributed by atoms with van der Waals surface area (Å²) in [5.74, 6) is -0.493. The van der Waals surface area contributed by atoms with E-state index in [1.807, 2.05) is 0 Å². The Morgan fingerprint density at radius 3 is 2.45 bits per heavy atom. The average molecular weight is 340 g/mol. The van der Waals surface area contributed by atoms with Crippen LogP contribution in [0.1, 0.15) is 42.5 Å². The Morgan fingerprint density at radius 2 is 1.77 bits per heavy atom. The Balaban J connectivity index is 1.79. The number of benzene rings is 1. The molecule has 1 saturated carbocycles. The normalized spacial score (nSPS) is 15.0. The van der Waals surface area contributed by atoms with E-state index in [0.717, 1.165) is 25.7 Å². The van der Waals surface area contributed by atoms with Crippen molar-refractivity contribution in [2.45, 2.75) is 32.1 Å². The highest BCUT2D eigenvalue weighted by Crippen LogP contribution is 2.23. The van der Waals surface area contributed by atoms with Crippen LogP contribution >= 0.6 is 23.8 Å². The largest absolute Gasteiger partial charge is 0.298 e. The van der Waals surface area contributed by atoms with Gasteiger partial charge in [0.15, 0.2) is 5.11 Å². The number of thiocarbonyl (C=S) groups is 1. The van der Waals surface area contributed by atoms with Gasteiger partial charge in [0.2, 0.25) is 5.91 Å². The first-order chi connectivity index (χ1) is 10.6. The van der Waals surface area contributed by atoms with Gasteiger partial charge >= 0.3 is 0 Å². The van der Waals surface area contributed by atoms with Crippen LogP contribution in [0.3, 0.4) is 0 Å². The maximum atomic E-state index is 12.0. The molecule has 0 bridgehead atoms. The Kier molecular flexibility index (Phi) is 6.15. The van der Waals surface area contributed by atoms with Gasteiger partial charge in [0.25, 0.3) is 5.91 Å². The fourth-order valence-corrected chi connectivity index (χ4v) is 2.80. The van der Waals surface area contributed by atoms with Crippen LogP contribution in [0, 0.1) is 5.92 Å². The topological polar surface area (TPSA) is 70.2 Å². The number of hydrazine groups is 1. The Hall–Kier alpha value is -1.66. The van der Waals surface area contributed by atoms with Crippen LogP contribution in [0.5, 0.6) is 0 Å². The van der Waals surface area contributed by atoms with Crippen molar-refractivity contribution in [3.05, 3.63) is 34.9 Å². The highest BCUT2D eigenvalue weighted by molar-refractivity contribution is 7.80. The van der Waals surface area contributed by atoms with Gasteiger partial charge in [-0.25, -0.2) is 0 Å². The third-order valence-electron chi connectivity index (χ3n) is 3.62. The zero-order valence-electron chi connectivity index (χ0n) is 12.0. The SMILES string of the molecule is O=C(NC(=S)NNC(=O)C1CCCCC1)c1ccccc1Cl. The molecule has 0 atom stereocenters. The molecule has 3 N–H and O–H groups in total. The fourth-order valence-electron chi connectivity index (χ4n) is 2.43. The van der Waals surface area contributed by atoms with Crippen LogP contribution in [0.2, 0.25) is 5.02 Å². The van der Waals surface area contributed by atoms with E-state index in [-0.39, 0.29) is 16.9 Å². The van der Waals surface area contributed by atoms with Crippen molar-refractivity contribution in [1.82, 2.24) is 16.2 Å².